The molecule has 12 heteroatoms. The first-order valence-electron chi connectivity index (χ1n) is 16.0. The molecule has 48 heavy (non-hydrogen) atoms. The number of aromatic nitrogens is 1. The van der Waals surface area contributed by atoms with E-state index in [0.29, 0.717) is 23.9 Å². The van der Waals surface area contributed by atoms with E-state index in [1.807, 2.05) is 19.9 Å². The summed E-state index contributed by atoms with van der Waals surface area (Å²) in [6.45, 7) is 8.90. The lowest BCUT2D eigenvalue weighted by atomic mass is 9.95. The summed E-state index contributed by atoms with van der Waals surface area (Å²) in [5.74, 6) is -3.53. The number of hydrogen-bond donors (Lipinski definition) is 5. The third-order valence-corrected chi connectivity index (χ3v) is 8.58. The summed E-state index contributed by atoms with van der Waals surface area (Å²) < 4.78 is 5.73. The van der Waals surface area contributed by atoms with Gasteiger partial charge in [-0.05, 0) is 69.4 Å². The van der Waals surface area contributed by atoms with Crippen LogP contribution in [0, 0.1) is 11.8 Å². The van der Waals surface area contributed by atoms with Crippen molar-refractivity contribution in [2.45, 2.75) is 78.1 Å². The van der Waals surface area contributed by atoms with Gasteiger partial charge in [-0.15, -0.1) is 0 Å². The minimum Gasteiger partial charge on any atom is -0.508 e. The van der Waals surface area contributed by atoms with Crippen LogP contribution in [-0.4, -0.2) is 63.0 Å². The van der Waals surface area contributed by atoms with Crippen molar-refractivity contribution >= 4 is 34.6 Å². The molecular weight excluding hydrogens is 616 g/mol. The monoisotopic (exact) mass is 660 g/mol. The van der Waals surface area contributed by atoms with Gasteiger partial charge in [0.05, 0.1) is 29.6 Å². The van der Waals surface area contributed by atoms with Crippen molar-refractivity contribution in [3.05, 3.63) is 81.7 Å². The number of nitrogens with zero attached hydrogens (tertiary/aromatic N) is 1. The largest absolute Gasteiger partial charge is 0.508 e. The number of pyridine rings is 1. The van der Waals surface area contributed by atoms with Gasteiger partial charge in [-0.3, -0.25) is 24.0 Å². The molecule has 0 unspecified atom stereocenters. The van der Waals surface area contributed by atoms with E-state index in [-0.39, 0.29) is 29.4 Å². The molecule has 3 amide bonds. The second kappa shape index (κ2) is 15.2. The van der Waals surface area contributed by atoms with E-state index in [4.69, 9.17) is 4.74 Å². The molecule has 0 fully saturated rings. The number of carbonyl (C=O) groups is 4. The van der Waals surface area contributed by atoms with Crippen molar-refractivity contribution in [2.75, 3.05) is 7.05 Å². The Labute approximate surface area is 279 Å². The molecule has 5 N–H and O–H groups in total. The lowest BCUT2D eigenvalue weighted by Gasteiger charge is -2.32. The average Bonchev–Trinajstić information content (AvgIpc) is 3.01. The van der Waals surface area contributed by atoms with Crippen LogP contribution in [-0.2, 0) is 23.9 Å². The molecule has 2 heterocycles. The summed E-state index contributed by atoms with van der Waals surface area (Å²) in [5, 5.41) is 27.0. The number of cyclic esters (lactones) is 1. The van der Waals surface area contributed by atoms with Gasteiger partial charge in [-0.2, -0.15) is 0 Å². The van der Waals surface area contributed by atoms with Gasteiger partial charge in [0.2, 0.25) is 17.7 Å². The number of para-hydroxylation sites is 1. The number of amides is 3. The van der Waals surface area contributed by atoms with Crippen LogP contribution in [0.1, 0.15) is 77.1 Å². The third kappa shape index (κ3) is 8.41. The van der Waals surface area contributed by atoms with Crippen LogP contribution in [0.15, 0.2) is 65.0 Å². The van der Waals surface area contributed by atoms with Crippen LogP contribution in [0.5, 0.6) is 11.5 Å². The second-order valence-electron chi connectivity index (χ2n) is 12.8. The molecule has 0 aliphatic carbocycles. The number of phenols is 1. The fourth-order valence-electron chi connectivity index (χ4n) is 6.26. The number of aromatic amines is 1. The highest BCUT2D eigenvalue weighted by Gasteiger charge is 2.37. The molecular formula is C36H44N4O8. The predicted molar refractivity (Wildman–Crippen MR) is 180 cm³/mol. The maximum absolute atomic E-state index is 14.3. The molecule has 3 aromatic rings. The first kappa shape index (κ1) is 35.7. The van der Waals surface area contributed by atoms with E-state index in [2.05, 4.69) is 15.6 Å². The Morgan fingerprint density at radius 1 is 0.854 bits per heavy atom. The number of rotatable bonds is 2. The average molecular weight is 661 g/mol. The quantitative estimate of drug-likeness (QED) is 0.201. The number of carbonyl (C=O) groups excluding carboxylic acids is 4. The van der Waals surface area contributed by atoms with Crippen LogP contribution in [0.2, 0.25) is 0 Å². The van der Waals surface area contributed by atoms with E-state index in [1.165, 1.54) is 38.2 Å². The van der Waals surface area contributed by atoms with Crippen LogP contribution in [0.4, 0.5) is 0 Å². The molecule has 1 aromatic heterocycles. The van der Waals surface area contributed by atoms with Crippen molar-refractivity contribution in [1.29, 1.82) is 0 Å². The normalized spacial score (nSPS) is 26.7. The van der Waals surface area contributed by atoms with E-state index >= 15 is 0 Å². The van der Waals surface area contributed by atoms with Crippen molar-refractivity contribution in [2.24, 2.45) is 11.8 Å². The van der Waals surface area contributed by atoms with Gasteiger partial charge in [0.1, 0.15) is 23.6 Å². The highest BCUT2D eigenvalue weighted by atomic mass is 16.5. The van der Waals surface area contributed by atoms with E-state index < -0.39 is 64.8 Å². The highest BCUT2D eigenvalue weighted by Crippen LogP contribution is 2.33. The number of benzene rings is 2. The van der Waals surface area contributed by atoms with E-state index in [0.717, 1.165) is 10.5 Å². The Morgan fingerprint density at radius 2 is 1.52 bits per heavy atom. The van der Waals surface area contributed by atoms with E-state index in [1.54, 1.807) is 38.1 Å². The maximum Gasteiger partial charge on any atom is 0.308 e. The number of phenolic OH excluding ortho intramolecular Hbond substituents is 1. The Hall–Kier alpha value is -5.13. The zero-order valence-electron chi connectivity index (χ0n) is 28.1. The number of esters is 1. The standard InChI is InChI=1S/C36H44N4O8/c1-19-15-20(2)17-22(4)48-29(42)18-28(24-11-13-25(41)14-12-24)39-35(46)31(40(6)36(47)23(5)37-33(44)21(3)16-19)30-32(43)26-9-7-8-10-27(26)38-34(30)45/h7-15,20-23,28,31,41H,16-18H2,1-6H3,(H,37,44)(H,39,46)(H2,38,43,45)/b19-15+/t20-,21-,22-,23-,28+,31+/m0/s1. The fraction of sp³-hybridized carbons (Fsp3) is 0.417. The molecule has 4 rings (SSSR count). The Kier molecular flexibility index (Phi) is 11.3. The number of nitrogens with one attached hydrogen (secondary N) is 3. The van der Waals surface area contributed by atoms with Crippen molar-refractivity contribution in [3.8, 4) is 11.5 Å². The number of allylic oxidation sites excluding steroid dienone is 2. The van der Waals surface area contributed by atoms with Crippen LogP contribution in [0.3, 0.4) is 0 Å². The summed E-state index contributed by atoms with van der Waals surface area (Å²) in [6, 6.07) is 8.54. The fourth-order valence-corrected chi connectivity index (χ4v) is 6.26. The Balaban J connectivity index is 1.83. The van der Waals surface area contributed by atoms with Gasteiger partial charge in [-0.1, -0.05) is 49.8 Å². The lowest BCUT2D eigenvalue weighted by Crippen LogP contribution is -2.51. The summed E-state index contributed by atoms with van der Waals surface area (Å²) in [5.41, 5.74) is 0.533. The van der Waals surface area contributed by atoms with Gasteiger partial charge >= 0.3 is 5.97 Å². The molecule has 0 spiro atoms. The SMILES string of the molecule is C/C1=C\[C@H](C)C[C@H](C)OC(=O)C[C@H](c2ccc(O)cc2)NC(=O)[C@@H](c2c(O)c3ccccc3[nH]c2=O)N(C)C(=O)[C@H](C)NC(=O)[C@@H](C)C1. The van der Waals surface area contributed by atoms with Crippen LogP contribution < -0.4 is 16.2 Å². The van der Waals surface area contributed by atoms with Gasteiger partial charge in [0.15, 0.2) is 0 Å². The van der Waals surface area contributed by atoms with Gasteiger partial charge < -0.3 is 35.5 Å². The maximum atomic E-state index is 14.3. The number of ether oxygens (including phenoxy) is 1. The van der Waals surface area contributed by atoms with Gasteiger partial charge in [0, 0.05) is 18.4 Å². The molecule has 1 aliphatic heterocycles. The number of aromatic hydroxyl groups is 2. The number of fused-ring (bicyclic) bond motifs is 1. The molecule has 0 bridgehead atoms. The van der Waals surface area contributed by atoms with Crippen molar-refractivity contribution in [1.82, 2.24) is 20.5 Å². The smallest absolute Gasteiger partial charge is 0.308 e. The predicted octanol–water partition coefficient (Wildman–Crippen LogP) is 4.14. The topological polar surface area (TPSA) is 178 Å². The highest BCUT2D eigenvalue weighted by molar-refractivity contribution is 5.95. The summed E-state index contributed by atoms with van der Waals surface area (Å²) in [7, 11) is 1.30. The summed E-state index contributed by atoms with van der Waals surface area (Å²) >= 11 is 0. The van der Waals surface area contributed by atoms with Gasteiger partial charge in [-0.25, -0.2) is 0 Å². The molecule has 0 radical (unpaired) electrons. The molecule has 0 saturated heterocycles. The first-order chi connectivity index (χ1) is 22.7. The number of likely N-dealkylation sites (N-methyl/N-ethyl adjacent to an activating group) is 1. The Bertz CT molecular complexity index is 1770. The van der Waals surface area contributed by atoms with E-state index in [9.17, 15) is 34.2 Å². The summed E-state index contributed by atoms with van der Waals surface area (Å²) in [4.78, 5) is 71.8. The zero-order valence-corrected chi connectivity index (χ0v) is 28.1. The number of hydrogen-bond acceptors (Lipinski definition) is 8. The van der Waals surface area contributed by atoms with Crippen LogP contribution in [0.25, 0.3) is 10.9 Å². The minimum atomic E-state index is -1.69. The molecule has 256 valence electrons. The third-order valence-electron chi connectivity index (χ3n) is 8.58. The van der Waals surface area contributed by atoms with Gasteiger partial charge in [0.25, 0.3) is 5.56 Å². The van der Waals surface area contributed by atoms with Crippen molar-refractivity contribution < 1.29 is 34.1 Å². The molecule has 12 nitrogen and oxygen atoms in total. The zero-order chi connectivity index (χ0) is 35.3. The van der Waals surface area contributed by atoms with Crippen molar-refractivity contribution in [3.63, 3.8) is 0 Å². The van der Waals surface area contributed by atoms with Crippen LogP contribution >= 0.6 is 0 Å². The summed E-state index contributed by atoms with van der Waals surface area (Å²) in [6.07, 6.45) is 2.20. The number of H-pyrrole nitrogens is 1. The molecule has 6 atom stereocenters. The molecule has 0 saturated carbocycles. The molecule has 1 aliphatic rings. The first-order valence-corrected chi connectivity index (χ1v) is 16.0. The lowest BCUT2D eigenvalue weighted by molar-refractivity contribution is -0.150. The Morgan fingerprint density at radius 3 is 2.21 bits per heavy atom. The minimum absolute atomic E-state index is 0.0281. The second-order valence-corrected chi connectivity index (χ2v) is 12.8. The molecule has 2 aromatic carbocycles.